The molecule has 6 heteroatoms. The predicted molar refractivity (Wildman–Crippen MR) is 73.0 cm³/mol. The highest BCUT2D eigenvalue weighted by molar-refractivity contribution is 7.86. The number of piperidine rings is 1. The lowest BCUT2D eigenvalue weighted by Crippen LogP contribution is -2.48. The van der Waals surface area contributed by atoms with Crippen molar-refractivity contribution >= 4 is 10.2 Å². The third-order valence-electron chi connectivity index (χ3n) is 3.30. The molecule has 1 rings (SSSR count). The molecule has 0 atom stereocenters. The van der Waals surface area contributed by atoms with E-state index in [1.807, 2.05) is 6.92 Å². The number of nitrogens with zero attached hydrogens (tertiary/aromatic N) is 2. The molecule has 0 aromatic heterocycles. The Balaban J connectivity index is 2.70. The Morgan fingerprint density at radius 1 is 1.44 bits per heavy atom. The van der Waals surface area contributed by atoms with E-state index in [0.29, 0.717) is 32.1 Å². The second-order valence-electron chi connectivity index (χ2n) is 4.62. The van der Waals surface area contributed by atoms with Crippen LogP contribution in [0.5, 0.6) is 0 Å². The average molecular weight is 273 g/mol. The molecule has 5 nitrogen and oxygen atoms in total. The van der Waals surface area contributed by atoms with Crippen LogP contribution in [0.1, 0.15) is 26.2 Å². The van der Waals surface area contributed by atoms with Crippen molar-refractivity contribution < 1.29 is 8.42 Å². The van der Waals surface area contributed by atoms with E-state index in [1.165, 1.54) is 8.61 Å². The van der Waals surface area contributed by atoms with Crippen LogP contribution in [0.15, 0.2) is 0 Å². The van der Waals surface area contributed by atoms with Gasteiger partial charge in [-0.2, -0.15) is 17.0 Å². The molecule has 0 unspecified atom stereocenters. The van der Waals surface area contributed by atoms with E-state index in [1.54, 1.807) is 0 Å². The Morgan fingerprint density at radius 3 is 2.50 bits per heavy atom. The fourth-order valence-electron chi connectivity index (χ4n) is 2.17. The predicted octanol–water partition coefficient (Wildman–Crippen LogP) is 0.247. The van der Waals surface area contributed by atoms with E-state index in [-0.39, 0.29) is 6.54 Å². The molecular formula is C12H23N3O2S. The largest absolute Gasteiger partial charge is 0.330 e. The summed E-state index contributed by atoms with van der Waals surface area (Å²) in [7, 11) is -3.40. The number of rotatable bonds is 6. The standard InChI is InChI=1S/C12H23N3O2S/c1-3-7-14(8-4-2)18(16,17)15-9-5-12(11-13)6-10-15/h1,12H,4-11,13H2,2H3. The maximum absolute atomic E-state index is 12.4. The van der Waals surface area contributed by atoms with Crippen molar-refractivity contribution in [1.29, 1.82) is 0 Å². The molecule has 1 fully saturated rings. The molecule has 0 amide bonds. The molecular weight excluding hydrogens is 250 g/mol. The number of nitrogens with two attached hydrogens (primary N) is 1. The summed E-state index contributed by atoms with van der Waals surface area (Å²) < 4.78 is 27.7. The molecule has 2 N–H and O–H groups in total. The van der Waals surface area contributed by atoms with Crippen LogP contribution in [0.2, 0.25) is 0 Å². The highest BCUT2D eigenvalue weighted by atomic mass is 32.2. The minimum absolute atomic E-state index is 0.146. The molecule has 1 aliphatic rings. The maximum Gasteiger partial charge on any atom is 0.282 e. The van der Waals surface area contributed by atoms with E-state index >= 15 is 0 Å². The fourth-order valence-corrected chi connectivity index (χ4v) is 3.82. The van der Waals surface area contributed by atoms with Gasteiger partial charge < -0.3 is 5.73 Å². The summed E-state index contributed by atoms with van der Waals surface area (Å²) >= 11 is 0. The van der Waals surface area contributed by atoms with Crippen LogP contribution in [-0.4, -0.2) is 49.8 Å². The minimum atomic E-state index is -3.40. The summed E-state index contributed by atoms with van der Waals surface area (Å²) in [6.45, 7) is 4.30. The first-order valence-electron chi connectivity index (χ1n) is 6.45. The summed E-state index contributed by atoms with van der Waals surface area (Å²) in [5.41, 5.74) is 5.61. The van der Waals surface area contributed by atoms with E-state index < -0.39 is 10.2 Å². The fraction of sp³-hybridized carbons (Fsp3) is 0.833. The molecule has 0 bridgehead atoms. The lowest BCUT2D eigenvalue weighted by Gasteiger charge is -2.33. The molecule has 0 aromatic rings. The highest BCUT2D eigenvalue weighted by Crippen LogP contribution is 2.20. The van der Waals surface area contributed by atoms with Crippen LogP contribution < -0.4 is 5.73 Å². The maximum atomic E-state index is 12.4. The van der Waals surface area contributed by atoms with Gasteiger partial charge in [0.25, 0.3) is 10.2 Å². The summed E-state index contributed by atoms with van der Waals surface area (Å²) in [6.07, 6.45) is 7.68. The summed E-state index contributed by atoms with van der Waals surface area (Å²) in [5, 5.41) is 0. The Labute approximate surface area is 111 Å². The smallest absolute Gasteiger partial charge is 0.282 e. The van der Waals surface area contributed by atoms with Gasteiger partial charge in [0, 0.05) is 19.6 Å². The quantitative estimate of drug-likeness (QED) is 0.705. The van der Waals surface area contributed by atoms with Gasteiger partial charge in [0.15, 0.2) is 0 Å². The minimum Gasteiger partial charge on any atom is -0.330 e. The van der Waals surface area contributed by atoms with E-state index in [2.05, 4.69) is 5.92 Å². The first-order chi connectivity index (χ1) is 8.56. The molecule has 0 spiro atoms. The first-order valence-corrected chi connectivity index (χ1v) is 7.84. The van der Waals surface area contributed by atoms with Gasteiger partial charge in [0.1, 0.15) is 0 Å². The van der Waals surface area contributed by atoms with Crippen LogP contribution in [0.25, 0.3) is 0 Å². The Morgan fingerprint density at radius 2 is 2.06 bits per heavy atom. The zero-order valence-corrected chi connectivity index (χ0v) is 11.8. The normalized spacial score (nSPS) is 19.0. The van der Waals surface area contributed by atoms with Gasteiger partial charge in [0.05, 0.1) is 6.54 Å². The second-order valence-corrected chi connectivity index (χ2v) is 6.55. The SMILES string of the molecule is C#CCN(CCC)S(=O)(=O)N1CCC(CN)CC1. The van der Waals surface area contributed by atoms with E-state index in [0.717, 1.165) is 19.3 Å². The van der Waals surface area contributed by atoms with Crippen LogP contribution in [0.4, 0.5) is 0 Å². The van der Waals surface area contributed by atoms with Crippen molar-refractivity contribution in [2.24, 2.45) is 11.7 Å². The Bertz CT molecular complexity index is 381. The molecule has 0 radical (unpaired) electrons. The molecule has 1 aliphatic heterocycles. The van der Waals surface area contributed by atoms with Gasteiger partial charge in [-0.1, -0.05) is 12.8 Å². The van der Waals surface area contributed by atoms with E-state index in [9.17, 15) is 8.42 Å². The third-order valence-corrected chi connectivity index (χ3v) is 5.28. The zero-order chi connectivity index (χ0) is 13.6. The number of terminal acetylenes is 1. The van der Waals surface area contributed by atoms with Crippen molar-refractivity contribution in [3.63, 3.8) is 0 Å². The van der Waals surface area contributed by atoms with Crippen molar-refractivity contribution in [2.75, 3.05) is 32.7 Å². The van der Waals surface area contributed by atoms with Gasteiger partial charge in [-0.05, 0) is 31.7 Å². The molecule has 1 saturated heterocycles. The van der Waals surface area contributed by atoms with Gasteiger partial charge in [-0.25, -0.2) is 0 Å². The summed E-state index contributed by atoms with van der Waals surface area (Å²) in [4.78, 5) is 0. The van der Waals surface area contributed by atoms with Gasteiger partial charge in [-0.15, -0.1) is 6.42 Å². The first kappa shape index (κ1) is 15.4. The summed E-state index contributed by atoms with van der Waals surface area (Å²) in [5.74, 6) is 2.87. The molecule has 18 heavy (non-hydrogen) atoms. The molecule has 104 valence electrons. The van der Waals surface area contributed by atoms with Crippen molar-refractivity contribution in [3.05, 3.63) is 0 Å². The van der Waals surface area contributed by atoms with Crippen LogP contribution in [0.3, 0.4) is 0 Å². The molecule has 1 heterocycles. The number of hydrogen-bond acceptors (Lipinski definition) is 3. The lowest BCUT2D eigenvalue weighted by molar-refractivity contribution is 0.260. The van der Waals surface area contributed by atoms with Crippen LogP contribution >= 0.6 is 0 Å². The molecule has 0 saturated carbocycles. The topological polar surface area (TPSA) is 66.6 Å². The van der Waals surface area contributed by atoms with Crippen LogP contribution in [0, 0.1) is 18.3 Å². The monoisotopic (exact) mass is 273 g/mol. The van der Waals surface area contributed by atoms with Crippen molar-refractivity contribution in [3.8, 4) is 12.3 Å². The zero-order valence-electron chi connectivity index (χ0n) is 11.0. The van der Waals surface area contributed by atoms with Crippen LogP contribution in [-0.2, 0) is 10.2 Å². The van der Waals surface area contributed by atoms with E-state index in [4.69, 9.17) is 12.2 Å². The van der Waals surface area contributed by atoms with Crippen molar-refractivity contribution in [1.82, 2.24) is 8.61 Å². The van der Waals surface area contributed by atoms with Crippen molar-refractivity contribution in [2.45, 2.75) is 26.2 Å². The summed E-state index contributed by atoms with van der Waals surface area (Å²) in [6, 6.07) is 0. The van der Waals surface area contributed by atoms with Gasteiger partial charge >= 0.3 is 0 Å². The lowest BCUT2D eigenvalue weighted by atomic mass is 9.99. The molecule has 0 aromatic carbocycles. The molecule has 0 aliphatic carbocycles. The third kappa shape index (κ3) is 3.69. The number of hydrogen-bond donors (Lipinski definition) is 1. The Kier molecular flexibility index (Phi) is 6.09. The average Bonchev–Trinajstić information content (AvgIpc) is 2.38. The highest BCUT2D eigenvalue weighted by Gasteiger charge is 2.31. The second kappa shape index (κ2) is 7.10. The Hall–Kier alpha value is -0.610. The van der Waals surface area contributed by atoms with Gasteiger partial charge in [0.2, 0.25) is 0 Å². The van der Waals surface area contributed by atoms with Gasteiger partial charge in [-0.3, -0.25) is 0 Å².